The standard InChI is InChI=1S/C13H23BrN2O3/c1-5-19-10-6-13(18,12(10,3)4)8-16-11(17)15-7-9(2)14/h10,18H,2,5-8H2,1,3-4H3,(H2,15,16,17)/t10-,13+/m0/s1. The van der Waals surface area contributed by atoms with Crippen LogP contribution in [0.15, 0.2) is 11.1 Å². The van der Waals surface area contributed by atoms with Gasteiger partial charge in [-0.15, -0.1) is 0 Å². The molecule has 0 radical (unpaired) electrons. The number of amides is 2. The van der Waals surface area contributed by atoms with Crippen LogP contribution >= 0.6 is 15.9 Å². The minimum absolute atomic E-state index is 0.0367. The summed E-state index contributed by atoms with van der Waals surface area (Å²) in [6.45, 7) is 10.7. The molecule has 0 bridgehead atoms. The van der Waals surface area contributed by atoms with Gasteiger partial charge >= 0.3 is 6.03 Å². The van der Waals surface area contributed by atoms with Crippen LogP contribution in [0, 0.1) is 5.41 Å². The highest BCUT2D eigenvalue weighted by Gasteiger charge is 2.59. The second-order valence-electron chi connectivity index (χ2n) is 5.45. The predicted molar refractivity (Wildman–Crippen MR) is 78.2 cm³/mol. The zero-order valence-electron chi connectivity index (χ0n) is 11.8. The SMILES string of the molecule is C=C(Br)CNC(=O)NC[C@]1(O)C[C@H](OCC)C1(C)C. The van der Waals surface area contributed by atoms with Crippen LogP contribution in [0.3, 0.4) is 0 Å². The zero-order valence-corrected chi connectivity index (χ0v) is 13.3. The van der Waals surface area contributed by atoms with Gasteiger partial charge in [-0.3, -0.25) is 0 Å². The Labute approximate surface area is 122 Å². The number of ether oxygens (including phenoxy) is 1. The average Bonchev–Trinajstić information content (AvgIpc) is 2.33. The largest absolute Gasteiger partial charge is 0.387 e. The van der Waals surface area contributed by atoms with E-state index in [1.807, 2.05) is 20.8 Å². The van der Waals surface area contributed by atoms with Gasteiger partial charge in [0, 0.05) is 29.5 Å². The molecule has 1 rings (SSSR count). The Hall–Kier alpha value is -0.590. The molecule has 0 aromatic carbocycles. The minimum Gasteiger partial charge on any atom is -0.387 e. The van der Waals surface area contributed by atoms with Crippen molar-refractivity contribution in [3.63, 3.8) is 0 Å². The Morgan fingerprint density at radius 2 is 2.16 bits per heavy atom. The molecule has 1 saturated carbocycles. The zero-order chi connectivity index (χ0) is 14.7. The number of halogens is 1. The lowest BCUT2D eigenvalue weighted by atomic mass is 9.56. The highest BCUT2D eigenvalue weighted by atomic mass is 79.9. The van der Waals surface area contributed by atoms with Crippen LogP contribution in [-0.2, 0) is 4.74 Å². The van der Waals surface area contributed by atoms with Crippen molar-refractivity contribution in [1.29, 1.82) is 0 Å². The molecule has 6 heteroatoms. The Bertz CT molecular complexity index is 360. The normalized spacial score (nSPS) is 28.4. The first kappa shape index (κ1) is 16.5. The maximum atomic E-state index is 11.5. The van der Waals surface area contributed by atoms with Crippen molar-refractivity contribution in [3.05, 3.63) is 11.1 Å². The molecule has 0 spiro atoms. The molecule has 0 saturated heterocycles. The number of aliphatic hydroxyl groups is 1. The molecule has 0 aliphatic heterocycles. The number of urea groups is 1. The van der Waals surface area contributed by atoms with E-state index in [1.54, 1.807) is 0 Å². The van der Waals surface area contributed by atoms with Gasteiger partial charge in [-0.25, -0.2) is 4.79 Å². The Morgan fingerprint density at radius 1 is 1.53 bits per heavy atom. The number of hydrogen-bond acceptors (Lipinski definition) is 3. The van der Waals surface area contributed by atoms with Gasteiger partial charge in [0.25, 0.3) is 0 Å². The van der Waals surface area contributed by atoms with Crippen molar-refractivity contribution in [1.82, 2.24) is 10.6 Å². The molecule has 19 heavy (non-hydrogen) atoms. The maximum absolute atomic E-state index is 11.5. The number of hydrogen-bond donors (Lipinski definition) is 3. The molecule has 0 heterocycles. The fraction of sp³-hybridized carbons (Fsp3) is 0.769. The minimum atomic E-state index is -0.921. The molecule has 3 N–H and O–H groups in total. The van der Waals surface area contributed by atoms with E-state index >= 15 is 0 Å². The van der Waals surface area contributed by atoms with Gasteiger partial charge in [-0.1, -0.05) is 36.4 Å². The third-order valence-electron chi connectivity index (χ3n) is 3.88. The predicted octanol–water partition coefficient (Wildman–Crippen LogP) is 1.76. The van der Waals surface area contributed by atoms with Crippen LogP contribution in [0.25, 0.3) is 0 Å². The molecule has 1 fully saturated rings. The first-order chi connectivity index (χ1) is 8.73. The molecule has 2 amide bonds. The second kappa shape index (κ2) is 6.24. The molecule has 1 aliphatic rings. The number of carbonyl (C=O) groups excluding carboxylic acids is 1. The van der Waals surface area contributed by atoms with Crippen LogP contribution in [-0.4, -0.2) is 42.5 Å². The van der Waals surface area contributed by atoms with Gasteiger partial charge in [-0.2, -0.15) is 0 Å². The fourth-order valence-corrected chi connectivity index (χ4v) is 2.37. The Kier molecular flexibility index (Phi) is 5.41. The van der Waals surface area contributed by atoms with E-state index < -0.39 is 5.60 Å². The van der Waals surface area contributed by atoms with Crippen LogP contribution in [0.4, 0.5) is 4.79 Å². The summed E-state index contributed by atoms with van der Waals surface area (Å²) >= 11 is 3.16. The van der Waals surface area contributed by atoms with Crippen molar-refractivity contribution in [2.75, 3.05) is 19.7 Å². The summed E-state index contributed by atoms with van der Waals surface area (Å²) in [7, 11) is 0. The summed E-state index contributed by atoms with van der Waals surface area (Å²) in [5.41, 5.74) is -1.29. The highest BCUT2D eigenvalue weighted by molar-refractivity contribution is 9.11. The molecule has 1 aliphatic carbocycles. The first-order valence-corrected chi connectivity index (χ1v) is 7.21. The molecule has 0 unspecified atom stereocenters. The van der Waals surface area contributed by atoms with Crippen molar-refractivity contribution < 1.29 is 14.6 Å². The fourth-order valence-electron chi connectivity index (χ4n) is 2.23. The molecule has 0 aromatic rings. The smallest absolute Gasteiger partial charge is 0.315 e. The van der Waals surface area contributed by atoms with Crippen LogP contribution < -0.4 is 10.6 Å². The molecule has 5 nitrogen and oxygen atoms in total. The monoisotopic (exact) mass is 334 g/mol. The van der Waals surface area contributed by atoms with Gasteiger partial charge in [0.2, 0.25) is 0 Å². The molecule has 2 atom stereocenters. The molecule has 110 valence electrons. The highest BCUT2D eigenvalue weighted by Crippen LogP contribution is 2.50. The van der Waals surface area contributed by atoms with E-state index in [0.717, 1.165) is 0 Å². The van der Waals surface area contributed by atoms with Gasteiger partial charge in [0.05, 0.1) is 18.2 Å². The van der Waals surface area contributed by atoms with E-state index in [0.29, 0.717) is 24.1 Å². The maximum Gasteiger partial charge on any atom is 0.315 e. The lowest BCUT2D eigenvalue weighted by molar-refractivity contribution is -0.237. The topological polar surface area (TPSA) is 70.6 Å². The van der Waals surface area contributed by atoms with E-state index in [-0.39, 0.29) is 24.1 Å². The van der Waals surface area contributed by atoms with Crippen molar-refractivity contribution >= 4 is 22.0 Å². The summed E-state index contributed by atoms with van der Waals surface area (Å²) < 4.78 is 6.26. The van der Waals surface area contributed by atoms with Gasteiger partial charge in [0.15, 0.2) is 0 Å². The van der Waals surface area contributed by atoms with Gasteiger partial charge in [0.1, 0.15) is 0 Å². The summed E-state index contributed by atoms with van der Waals surface area (Å²) in [6, 6.07) is -0.315. The molecule has 0 aromatic heterocycles. The van der Waals surface area contributed by atoms with E-state index in [9.17, 15) is 9.90 Å². The quantitative estimate of drug-likeness (QED) is 0.693. The Morgan fingerprint density at radius 3 is 2.63 bits per heavy atom. The second-order valence-corrected chi connectivity index (χ2v) is 6.58. The molecular weight excluding hydrogens is 312 g/mol. The summed E-state index contributed by atoms with van der Waals surface area (Å²) in [4.78, 5) is 11.5. The first-order valence-electron chi connectivity index (χ1n) is 6.42. The third kappa shape index (κ3) is 3.70. The summed E-state index contributed by atoms with van der Waals surface area (Å²) in [5.74, 6) is 0. The number of rotatable bonds is 6. The average molecular weight is 335 g/mol. The van der Waals surface area contributed by atoms with Gasteiger partial charge in [-0.05, 0) is 6.92 Å². The van der Waals surface area contributed by atoms with Crippen LogP contribution in [0.1, 0.15) is 27.2 Å². The van der Waals surface area contributed by atoms with Crippen LogP contribution in [0.5, 0.6) is 0 Å². The van der Waals surface area contributed by atoms with Crippen LogP contribution in [0.2, 0.25) is 0 Å². The molecular formula is C13H23BrN2O3. The van der Waals surface area contributed by atoms with E-state index in [1.165, 1.54) is 0 Å². The third-order valence-corrected chi connectivity index (χ3v) is 4.16. The van der Waals surface area contributed by atoms with Crippen molar-refractivity contribution in [3.8, 4) is 0 Å². The Balaban J connectivity index is 2.41. The summed E-state index contributed by atoms with van der Waals surface area (Å²) in [5, 5.41) is 15.8. The number of carbonyl (C=O) groups is 1. The summed E-state index contributed by atoms with van der Waals surface area (Å²) in [6.07, 6.45) is 0.578. The lowest BCUT2D eigenvalue weighted by Crippen LogP contribution is -2.69. The number of nitrogens with one attached hydrogen (secondary N) is 2. The van der Waals surface area contributed by atoms with E-state index in [4.69, 9.17) is 4.74 Å². The van der Waals surface area contributed by atoms with E-state index in [2.05, 4.69) is 33.1 Å². The van der Waals surface area contributed by atoms with Gasteiger partial charge < -0.3 is 20.5 Å². The van der Waals surface area contributed by atoms with Crippen molar-refractivity contribution in [2.45, 2.75) is 38.9 Å². The lowest BCUT2D eigenvalue weighted by Gasteiger charge is -2.57. The van der Waals surface area contributed by atoms with Crippen molar-refractivity contribution in [2.24, 2.45) is 5.41 Å².